The van der Waals surface area contributed by atoms with Gasteiger partial charge in [0, 0.05) is 31.9 Å². The Kier molecular flexibility index (Phi) is 4.65. The Morgan fingerprint density at radius 1 is 1.26 bits per heavy atom. The van der Waals surface area contributed by atoms with Crippen molar-refractivity contribution < 1.29 is 9.53 Å². The smallest absolute Gasteiger partial charge is 0.270 e. The van der Waals surface area contributed by atoms with Gasteiger partial charge in [-0.2, -0.15) is 0 Å². The number of rotatable bonds is 5. The van der Waals surface area contributed by atoms with Crippen LogP contribution in [0.3, 0.4) is 0 Å². The number of amides is 1. The first-order valence-corrected chi connectivity index (χ1v) is 7.60. The molecule has 7 nitrogen and oxygen atoms in total. The summed E-state index contributed by atoms with van der Waals surface area (Å²) in [6.07, 6.45) is 5.50. The number of methoxy groups -OCH3 is 1. The SMILES string of the molecule is COc1cc(C(=O)NCc2ccnc(N3CCCC3)c2)ncn1. The number of ether oxygens (including phenoxy) is 1. The second-order valence-corrected chi connectivity index (χ2v) is 5.34. The topological polar surface area (TPSA) is 80.2 Å². The van der Waals surface area contributed by atoms with E-state index < -0.39 is 0 Å². The molecular formula is C16H19N5O2. The molecule has 1 N–H and O–H groups in total. The van der Waals surface area contributed by atoms with Crippen molar-refractivity contribution in [1.29, 1.82) is 0 Å². The highest BCUT2D eigenvalue weighted by Gasteiger charge is 2.14. The van der Waals surface area contributed by atoms with E-state index in [1.54, 1.807) is 6.20 Å². The molecule has 0 bridgehead atoms. The van der Waals surface area contributed by atoms with Crippen LogP contribution in [0, 0.1) is 0 Å². The number of nitrogens with one attached hydrogen (secondary N) is 1. The lowest BCUT2D eigenvalue weighted by Gasteiger charge is -2.17. The third kappa shape index (κ3) is 3.74. The Labute approximate surface area is 134 Å². The molecule has 2 aromatic heterocycles. The van der Waals surface area contributed by atoms with E-state index in [0.29, 0.717) is 12.4 Å². The molecule has 1 saturated heterocycles. The molecule has 3 rings (SSSR count). The minimum Gasteiger partial charge on any atom is -0.481 e. The van der Waals surface area contributed by atoms with Crippen LogP contribution in [0.2, 0.25) is 0 Å². The first-order valence-electron chi connectivity index (χ1n) is 7.60. The summed E-state index contributed by atoms with van der Waals surface area (Å²) < 4.78 is 5.00. The standard InChI is InChI=1S/C16H19N5O2/c1-23-15-9-13(19-11-20-15)16(22)18-10-12-4-5-17-14(8-12)21-6-2-3-7-21/h4-5,8-9,11H,2-3,6-7,10H2,1H3,(H,18,22). The molecule has 0 unspecified atom stereocenters. The molecule has 2 aromatic rings. The van der Waals surface area contributed by atoms with Gasteiger partial charge in [-0.15, -0.1) is 0 Å². The molecule has 0 spiro atoms. The number of anilines is 1. The second-order valence-electron chi connectivity index (χ2n) is 5.34. The first kappa shape index (κ1) is 15.2. The van der Waals surface area contributed by atoms with Crippen molar-refractivity contribution in [2.75, 3.05) is 25.1 Å². The molecule has 0 atom stereocenters. The number of pyridine rings is 1. The van der Waals surface area contributed by atoms with Crippen LogP contribution in [0.25, 0.3) is 0 Å². The van der Waals surface area contributed by atoms with Crippen LogP contribution >= 0.6 is 0 Å². The molecule has 1 aliphatic rings. The summed E-state index contributed by atoms with van der Waals surface area (Å²) >= 11 is 0. The minimum absolute atomic E-state index is 0.259. The Bertz CT molecular complexity index is 686. The summed E-state index contributed by atoms with van der Waals surface area (Å²) in [5.74, 6) is 1.08. The van der Waals surface area contributed by atoms with Crippen LogP contribution in [0.1, 0.15) is 28.9 Å². The summed E-state index contributed by atoms with van der Waals surface area (Å²) in [4.78, 5) is 26.7. The number of hydrogen-bond donors (Lipinski definition) is 1. The fourth-order valence-corrected chi connectivity index (χ4v) is 2.54. The van der Waals surface area contributed by atoms with Gasteiger partial charge in [-0.3, -0.25) is 4.79 Å². The van der Waals surface area contributed by atoms with E-state index >= 15 is 0 Å². The summed E-state index contributed by atoms with van der Waals surface area (Å²) in [5.41, 5.74) is 1.29. The van der Waals surface area contributed by atoms with Gasteiger partial charge >= 0.3 is 0 Å². The van der Waals surface area contributed by atoms with E-state index in [4.69, 9.17) is 4.74 Å². The number of carbonyl (C=O) groups is 1. The zero-order chi connectivity index (χ0) is 16.1. The van der Waals surface area contributed by atoms with Crippen molar-refractivity contribution in [3.63, 3.8) is 0 Å². The van der Waals surface area contributed by atoms with Crippen LogP contribution in [-0.4, -0.2) is 41.1 Å². The lowest BCUT2D eigenvalue weighted by Crippen LogP contribution is -2.24. The van der Waals surface area contributed by atoms with Crippen molar-refractivity contribution in [2.45, 2.75) is 19.4 Å². The van der Waals surface area contributed by atoms with Crippen LogP contribution in [-0.2, 0) is 6.54 Å². The third-order valence-electron chi connectivity index (χ3n) is 3.78. The molecule has 1 amide bonds. The molecule has 23 heavy (non-hydrogen) atoms. The van der Waals surface area contributed by atoms with Gasteiger partial charge in [0.25, 0.3) is 5.91 Å². The van der Waals surface area contributed by atoms with Gasteiger partial charge in [0.2, 0.25) is 5.88 Å². The van der Waals surface area contributed by atoms with E-state index in [1.165, 1.54) is 32.3 Å². The fraction of sp³-hybridized carbons (Fsp3) is 0.375. The van der Waals surface area contributed by atoms with Crippen molar-refractivity contribution in [3.05, 3.63) is 42.0 Å². The van der Waals surface area contributed by atoms with Gasteiger partial charge in [0.05, 0.1) is 7.11 Å². The number of aromatic nitrogens is 3. The van der Waals surface area contributed by atoms with Crippen molar-refractivity contribution >= 4 is 11.7 Å². The van der Waals surface area contributed by atoms with E-state index in [1.807, 2.05) is 12.1 Å². The number of nitrogens with zero attached hydrogens (tertiary/aromatic N) is 4. The normalized spacial score (nSPS) is 13.9. The van der Waals surface area contributed by atoms with Gasteiger partial charge in [-0.05, 0) is 30.5 Å². The zero-order valence-electron chi connectivity index (χ0n) is 13.0. The van der Waals surface area contributed by atoms with Gasteiger partial charge in [0.15, 0.2) is 0 Å². The van der Waals surface area contributed by atoms with E-state index in [9.17, 15) is 4.79 Å². The molecule has 0 aromatic carbocycles. The average Bonchev–Trinajstić information content (AvgIpc) is 3.14. The van der Waals surface area contributed by atoms with Crippen LogP contribution in [0.4, 0.5) is 5.82 Å². The lowest BCUT2D eigenvalue weighted by molar-refractivity contribution is 0.0945. The van der Waals surface area contributed by atoms with Gasteiger partial charge < -0.3 is 15.0 Å². The Morgan fingerprint density at radius 3 is 2.87 bits per heavy atom. The predicted octanol–water partition coefficient (Wildman–Crippen LogP) is 1.41. The monoisotopic (exact) mass is 313 g/mol. The highest BCUT2D eigenvalue weighted by molar-refractivity contribution is 5.92. The molecule has 7 heteroatoms. The first-order chi connectivity index (χ1) is 11.3. The number of hydrogen-bond acceptors (Lipinski definition) is 6. The van der Waals surface area contributed by atoms with Crippen molar-refractivity contribution in [1.82, 2.24) is 20.3 Å². The minimum atomic E-state index is -0.259. The van der Waals surface area contributed by atoms with Gasteiger partial charge in [0.1, 0.15) is 17.8 Å². The summed E-state index contributed by atoms with van der Waals surface area (Å²) in [6, 6.07) is 5.43. The second kappa shape index (κ2) is 7.04. The van der Waals surface area contributed by atoms with E-state index in [-0.39, 0.29) is 11.6 Å². The van der Waals surface area contributed by atoms with Crippen LogP contribution in [0.15, 0.2) is 30.7 Å². The molecule has 1 aliphatic heterocycles. The maximum atomic E-state index is 12.1. The summed E-state index contributed by atoms with van der Waals surface area (Å²) in [7, 11) is 1.50. The van der Waals surface area contributed by atoms with Gasteiger partial charge in [-0.25, -0.2) is 15.0 Å². The summed E-state index contributed by atoms with van der Waals surface area (Å²) in [6.45, 7) is 2.52. The van der Waals surface area contributed by atoms with Crippen LogP contribution in [0.5, 0.6) is 5.88 Å². The largest absolute Gasteiger partial charge is 0.481 e. The average molecular weight is 313 g/mol. The third-order valence-corrected chi connectivity index (χ3v) is 3.78. The molecule has 0 saturated carbocycles. The Balaban J connectivity index is 1.63. The van der Waals surface area contributed by atoms with Crippen LogP contribution < -0.4 is 15.0 Å². The molecular weight excluding hydrogens is 294 g/mol. The van der Waals surface area contributed by atoms with E-state index in [2.05, 4.69) is 25.2 Å². The zero-order valence-corrected chi connectivity index (χ0v) is 13.0. The maximum Gasteiger partial charge on any atom is 0.270 e. The highest BCUT2D eigenvalue weighted by atomic mass is 16.5. The molecule has 0 aliphatic carbocycles. The number of carbonyl (C=O) groups excluding carboxylic acids is 1. The fourth-order valence-electron chi connectivity index (χ4n) is 2.54. The molecule has 120 valence electrons. The Morgan fingerprint density at radius 2 is 2.09 bits per heavy atom. The lowest BCUT2D eigenvalue weighted by atomic mass is 10.2. The quantitative estimate of drug-likeness (QED) is 0.899. The predicted molar refractivity (Wildman–Crippen MR) is 85.4 cm³/mol. The maximum absolute atomic E-state index is 12.1. The highest BCUT2D eigenvalue weighted by Crippen LogP contribution is 2.18. The molecule has 1 fully saturated rings. The summed E-state index contributed by atoms with van der Waals surface area (Å²) in [5, 5.41) is 2.85. The van der Waals surface area contributed by atoms with E-state index in [0.717, 1.165) is 24.5 Å². The van der Waals surface area contributed by atoms with Crippen molar-refractivity contribution in [3.8, 4) is 5.88 Å². The van der Waals surface area contributed by atoms with Crippen molar-refractivity contribution in [2.24, 2.45) is 0 Å². The van der Waals surface area contributed by atoms with Gasteiger partial charge in [-0.1, -0.05) is 0 Å². The molecule has 0 radical (unpaired) electrons. The Hall–Kier alpha value is -2.70. The molecule has 3 heterocycles.